The Morgan fingerprint density at radius 1 is 1.36 bits per heavy atom. The van der Waals surface area contributed by atoms with Gasteiger partial charge in [-0.15, -0.1) is 0 Å². The zero-order valence-corrected chi connectivity index (χ0v) is 11.7. The Morgan fingerprint density at radius 2 is 2.09 bits per heavy atom. The molecule has 1 heterocycles. The molecule has 8 nitrogen and oxygen atoms in total. The normalized spacial score (nSPS) is 11.0. The number of hydrogen-bond acceptors (Lipinski definition) is 6. The molecule has 0 fully saturated rings. The minimum absolute atomic E-state index is 0.0459. The third-order valence-corrected chi connectivity index (χ3v) is 2.64. The number of nitrogens with zero attached hydrogens (tertiary/aromatic N) is 2. The van der Waals surface area contributed by atoms with Crippen molar-refractivity contribution in [2.75, 3.05) is 6.61 Å². The molecule has 0 bridgehead atoms. The van der Waals surface area contributed by atoms with Crippen LogP contribution in [0.4, 0.5) is 5.69 Å². The van der Waals surface area contributed by atoms with Crippen LogP contribution in [-0.4, -0.2) is 23.1 Å². The maximum absolute atomic E-state index is 11.6. The van der Waals surface area contributed by atoms with Gasteiger partial charge in [-0.1, -0.05) is 0 Å². The van der Waals surface area contributed by atoms with Crippen LogP contribution < -0.4 is 10.2 Å². The fourth-order valence-corrected chi connectivity index (χ4v) is 1.53. The van der Waals surface area contributed by atoms with Crippen LogP contribution in [0.1, 0.15) is 12.7 Å². The van der Waals surface area contributed by atoms with Crippen LogP contribution >= 0.6 is 0 Å². The second-order valence-electron chi connectivity index (χ2n) is 4.25. The van der Waals surface area contributed by atoms with Crippen LogP contribution in [0.3, 0.4) is 0 Å². The van der Waals surface area contributed by atoms with Gasteiger partial charge in [0.1, 0.15) is 17.2 Å². The Labute approximate surface area is 125 Å². The molecule has 0 atom stereocenters. The Kier molecular flexibility index (Phi) is 4.86. The van der Waals surface area contributed by atoms with Gasteiger partial charge in [-0.25, -0.2) is 5.43 Å². The summed E-state index contributed by atoms with van der Waals surface area (Å²) in [7, 11) is 0. The fraction of sp³-hybridized carbons (Fsp3) is 0.143. The second kappa shape index (κ2) is 7.02. The molecule has 22 heavy (non-hydrogen) atoms. The number of hydrazone groups is 1. The Bertz CT molecular complexity index is 677. The molecular weight excluding hydrogens is 290 g/mol. The molecule has 0 saturated carbocycles. The Hall–Kier alpha value is -3.16. The largest absolute Gasteiger partial charge is 0.484 e. The van der Waals surface area contributed by atoms with Crippen molar-refractivity contribution in [3.63, 3.8) is 0 Å². The van der Waals surface area contributed by atoms with E-state index in [1.807, 2.05) is 0 Å². The minimum atomic E-state index is -0.511. The summed E-state index contributed by atoms with van der Waals surface area (Å²) in [6.07, 6.45) is 1.51. The quantitative estimate of drug-likeness (QED) is 0.499. The summed E-state index contributed by atoms with van der Waals surface area (Å²) in [6.45, 7) is 1.43. The van der Waals surface area contributed by atoms with E-state index in [-0.39, 0.29) is 12.3 Å². The summed E-state index contributed by atoms with van der Waals surface area (Å²) < 4.78 is 10.3. The van der Waals surface area contributed by atoms with Gasteiger partial charge < -0.3 is 9.15 Å². The molecule has 0 aliphatic carbocycles. The Balaban J connectivity index is 1.82. The summed E-state index contributed by atoms with van der Waals surface area (Å²) in [6, 6.07) is 8.87. The highest BCUT2D eigenvalue weighted by molar-refractivity contribution is 5.96. The number of rotatable bonds is 6. The first-order valence-electron chi connectivity index (χ1n) is 6.30. The first kappa shape index (κ1) is 15.2. The van der Waals surface area contributed by atoms with Gasteiger partial charge in [-0.2, -0.15) is 5.10 Å². The van der Waals surface area contributed by atoms with Crippen LogP contribution in [0.15, 0.2) is 52.2 Å². The number of nitro benzene ring substituents is 1. The summed E-state index contributed by atoms with van der Waals surface area (Å²) in [5, 5.41) is 14.4. The lowest BCUT2D eigenvalue weighted by Crippen LogP contribution is -2.25. The average Bonchev–Trinajstić information content (AvgIpc) is 3.05. The lowest BCUT2D eigenvalue weighted by atomic mass is 10.3. The third kappa shape index (κ3) is 4.17. The van der Waals surface area contributed by atoms with E-state index in [1.165, 1.54) is 30.5 Å². The van der Waals surface area contributed by atoms with Crippen molar-refractivity contribution in [3.05, 3.63) is 58.5 Å². The molecule has 0 aliphatic heterocycles. The van der Waals surface area contributed by atoms with Crippen LogP contribution in [-0.2, 0) is 4.79 Å². The number of carbonyl (C=O) groups is 1. The van der Waals surface area contributed by atoms with Gasteiger partial charge in [-0.05, 0) is 31.2 Å². The van der Waals surface area contributed by atoms with Gasteiger partial charge in [0.05, 0.1) is 11.2 Å². The lowest BCUT2D eigenvalue weighted by Gasteiger charge is -2.05. The zero-order chi connectivity index (χ0) is 15.9. The summed E-state index contributed by atoms with van der Waals surface area (Å²) in [4.78, 5) is 21.6. The topological polar surface area (TPSA) is 107 Å². The number of amides is 1. The first-order valence-corrected chi connectivity index (χ1v) is 6.30. The van der Waals surface area contributed by atoms with E-state index in [2.05, 4.69) is 10.5 Å². The maximum atomic E-state index is 11.6. The van der Waals surface area contributed by atoms with E-state index >= 15 is 0 Å². The zero-order valence-electron chi connectivity index (χ0n) is 11.7. The summed E-state index contributed by atoms with van der Waals surface area (Å²) in [5.41, 5.74) is 2.80. The van der Waals surface area contributed by atoms with Crippen molar-refractivity contribution in [3.8, 4) is 5.75 Å². The molecule has 0 radical (unpaired) electrons. The molecule has 8 heteroatoms. The van der Waals surface area contributed by atoms with Crippen molar-refractivity contribution in [2.45, 2.75) is 6.92 Å². The number of nitro groups is 1. The number of carbonyl (C=O) groups excluding carboxylic acids is 1. The summed E-state index contributed by atoms with van der Waals surface area (Å²) >= 11 is 0. The van der Waals surface area contributed by atoms with Gasteiger partial charge in [0, 0.05) is 12.1 Å². The standard InChI is InChI=1S/C14H13N3O5/c1-10(13-3-2-8-21-13)15-16-14(18)9-22-12-6-4-11(5-7-12)17(19)20/h2-8H,9H2,1H3,(H,16,18)/b15-10-. The van der Waals surface area contributed by atoms with Crippen LogP contribution in [0.5, 0.6) is 5.75 Å². The van der Waals surface area contributed by atoms with E-state index in [0.29, 0.717) is 17.2 Å². The van der Waals surface area contributed by atoms with Crippen LogP contribution in [0.2, 0.25) is 0 Å². The highest BCUT2D eigenvalue weighted by atomic mass is 16.6. The minimum Gasteiger partial charge on any atom is -0.484 e. The van der Waals surface area contributed by atoms with Gasteiger partial charge in [0.25, 0.3) is 11.6 Å². The fourth-order valence-electron chi connectivity index (χ4n) is 1.53. The third-order valence-electron chi connectivity index (χ3n) is 2.64. The molecule has 0 saturated heterocycles. The van der Waals surface area contributed by atoms with E-state index in [9.17, 15) is 14.9 Å². The second-order valence-corrected chi connectivity index (χ2v) is 4.25. The van der Waals surface area contributed by atoms with Crippen LogP contribution in [0, 0.1) is 10.1 Å². The van der Waals surface area contributed by atoms with E-state index in [4.69, 9.17) is 9.15 Å². The van der Waals surface area contributed by atoms with Crippen molar-refractivity contribution < 1.29 is 18.9 Å². The van der Waals surface area contributed by atoms with Gasteiger partial charge in [0.2, 0.25) is 0 Å². The smallest absolute Gasteiger partial charge is 0.277 e. The monoisotopic (exact) mass is 303 g/mol. The van der Waals surface area contributed by atoms with Gasteiger partial charge >= 0.3 is 0 Å². The van der Waals surface area contributed by atoms with E-state index in [1.54, 1.807) is 19.1 Å². The average molecular weight is 303 g/mol. The molecule has 1 N–H and O–H groups in total. The molecule has 2 aromatic rings. The molecule has 0 aliphatic rings. The Morgan fingerprint density at radius 3 is 2.68 bits per heavy atom. The first-order chi connectivity index (χ1) is 10.6. The van der Waals surface area contributed by atoms with Crippen LogP contribution in [0.25, 0.3) is 0 Å². The molecule has 2 rings (SSSR count). The molecule has 1 aromatic carbocycles. The van der Waals surface area contributed by atoms with Crippen molar-refractivity contribution in [1.29, 1.82) is 0 Å². The van der Waals surface area contributed by atoms with Gasteiger partial charge in [-0.3, -0.25) is 14.9 Å². The predicted molar refractivity (Wildman–Crippen MR) is 77.7 cm³/mol. The highest BCUT2D eigenvalue weighted by Gasteiger charge is 2.07. The number of non-ortho nitro benzene ring substituents is 1. The predicted octanol–water partition coefficient (Wildman–Crippen LogP) is 2.11. The maximum Gasteiger partial charge on any atom is 0.277 e. The number of benzene rings is 1. The highest BCUT2D eigenvalue weighted by Crippen LogP contribution is 2.17. The number of ether oxygens (including phenoxy) is 1. The number of hydrogen-bond donors (Lipinski definition) is 1. The molecule has 1 amide bonds. The summed E-state index contributed by atoms with van der Waals surface area (Å²) in [5.74, 6) is 0.452. The molecule has 0 spiro atoms. The number of furan rings is 1. The molecule has 0 unspecified atom stereocenters. The van der Waals surface area contributed by atoms with Crippen molar-refractivity contribution in [1.82, 2.24) is 5.43 Å². The van der Waals surface area contributed by atoms with E-state index < -0.39 is 10.8 Å². The number of nitrogens with one attached hydrogen (secondary N) is 1. The van der Waals surface area contributed by atoms with Crippen molar-refractivity contribution in [2.24, 2.45) is 5.10 Å². The lowest BCUT2D eigenvalue weighted by molar-refractivity contribution is -0.384. The van der Waals surface area contributed by atoms with E-state index in [0.717, 1.165) is 0 Å². The molecule has 1 aromatic heterocycles. The molecule has 114 valence electrons. The van der Waals surface area contributed by atoms with Gasteiger partial charge in [0.15, 0.2) is 6.61 Å². The van der Waals surface area contributed by atoms with Crippen molar-refractivity contribution >= 4 is 17.3 Å². The molecular formula is C14H13N3O5. The SMILES string of the molecule is C/C(=N/NC(=O)COc1ccc([N+](=O)[O-])cc1)c1ccco1.